The number of piperazine rings is 1. The minimum Gasteiger partial charge on any atom is -0.497 e. The Labute approximate surface area is 158 Å². The Balaban J connectivity index is 1.45. The fraction of sp³-hybridized carbons (Fsp3) is 0.474. The Hall–Kier alpha value is -2.90. The minimum absolute atomic E-state index is 0.00344. The number of ketones is 1. The maximum absolute atomic E-state index is 12.4. The monoisotopic (exact) mass is 372 g/mol. The molecule has 1 aliphatic heterocycles. The SMILES string of the molecule is CCc1nnc(N2CCN(C(=O)CCC(=O)c3ccc(OC)cc3)CC2)o1. The lowest BCUT2D eigenvalue weighted by Crippen LogP contribution is -2.49. The van der Waals surface area contributed by atoms with Gasteiger partial charge >= 0.3 is 6.01 Å². The highest BCUT2D eigenvalue weighted by Gasteiger charge is 2.24. The topological polar surface area (TPSA) is 88.8 Å². The summed E-state index contributed by atoms with van der Waals surface area (Å²) in [7, 11) is 1.58. The van der Waals surface area contributed by atoms with Crippen molar-refractivity contribution in [3.8, 4) is 5.75 Å². The summed E-state index contributed by atoms with van der Waals surface area (Å²) in [6.07, 6.45) is 1.12. The van der Waals surface area contributed by atoms with E-state index in [0.717, 1.165) is 0 Å². The number of carbonyl (C=O) groups is 2. The van der Waals surface area contributed by atoms with Crippen LogP contribution in [-0.4, -0.2) is 60.1 Å². The van der Waals surface area contributed by atoms with E-state index in [0.29, 0.717) is 55.8 Å². The summed E-state index contributed by atoms with van der Waals surface area (Å²) in [5.41, 5.74) is 0.594. The maximum Gasteiger partial charge on any atom is 0.318 e. The molecule has 8 nitrogen and oxygen atoms in total. The van der Waals surface area contributed by atoms with E-state index in [1.54, 1.807) is 36.3 Å². The Bertz CT molecular complexity index is 779. The Kier molecular flexibility index (Phi) is 6.05. The van der Waals surface area contributed by atoms with Crippen LogP contribution in [0.15, 0.2) is 28.7 Å². The number of aromatic nitrogens is 2. The second-order valence-corrected chi connectivity index (χ2v) is 6.35. The number of rotatable bonds is 7. The first-order valence-corrected chi connectivity index (χ1v) is 9.13. The van der Waals surface area contributed by atoms with Crippen molar-refractivity contribution >= 4 is 17.7 Å². The molecule has 1 amide bonds. The highest BCUT2D eigenvalue weighted by molar-refractivity contribution is 5.98. The zero-order valence-corrected chi connectivity index (χ0v) is 15.7. The van der Waals surface area contributed by atoms with E-state index in [-0.39, 0.29) is 24.5 Å². The number of benzene rings is 1. The molecule has 1 saturated heterocycles. The number of aryl methyl sites for hydroxylation is 1. The fourth-order valence-electron chi connectivity index (χ4n) is 2.96. The lowest BCUT2D eigenvalue weighted by molar-refractivity contribution is -0.131. The zero-order chi connectivity index (χ0) is 19.2. The van der Waals surface area contributed by atoms with Crippen molar-refractivity contribution in [2.45, 2.75) is 26.2 Å². The number of nitrogens with zero attached hydrogens (tertiary/aromatic N) is 4. The number of anilines is 1. The molecule has 1 fully saturated rings. The van der Waals surface area contributed by atoms with Gasteiger partial charge in [-0.05, 0) is 24.3 Å². The van der Waals surface area contributed by atoms with Gasteiger partial charge < -0.3 is 19.0 Å². The Morgan fingerprint density at radius 2 is 1.78 bits per heavy atom. The summed E-state index contributed by atoms with van der Waals surface area (Å²) in [5, 5.41) is 8.01. The van der Waals surface area contributed by atoms with Gasteiger partial charge in [0.15, 0.2) is 5.78 Å². The average Bonchev–Trinajstić information content (AvgIpc) is 3.21. The number of Topliss-reactive ketones (excluding diaryl/α,β-unsaturated/α-hetero) is 1. The van der Waals surface area contributed by atoms with Crippen LogP contribution in [-0.2, 0) is 11.2 Å². The molecule has 8 heteroatoms. The normalized spacial score (nSPS) is 14.3. The molecule has 3 rings (SSSR count). The van der Waals surface area contributed by atoms with Crippen molar-refractivity contribution in [1.29, 1.82) is 0 Å². The smallest absolute Gasteiger partial charge is 0.318 e. The molecule has 144 valence electrons. The largest absolute Gasteiger partial charge is 0.497 e. The standard InChI is InChI=1S/C19H24N4O4/c1-3-17-20-21-19(27-17)23-12-10-22(11-13-23)18(25)9-8-16(24)14-4-6-15(26-2)7-5-14/h4-7H,3,8-13H2,1-2H3. The number of ether oxygens (including phenoxy) is 1. The van der Waals surface area contributed by atoms with Crippen LogP contribution in [0, 0.1) is 0 Å². The zero-order valence-electron chi connectivity index (χ0n) is 15.7. The van der Waals surface area contributed by atoms with Gasteiger partial charge in [0.05, 0.1) is 7.11 Å². The van der Waals surface area contributed by atoms with Crippen LogP contribution in [0.3, 0.4) is 0 Å². The molecule has 0 atom stereocenters. The summed E-state index contributed by atoms with van der Waals surface area (Å²) in [6, 6.07) is 7.44. The molecule has 0 aliphatic carbocycles. The molecule has 1 aromatic heterocycles. The quantitative estimate of drug-likeness (QED) is 0.686. The molecule has 27 heavy (non-hydrogen) atoms. The van der Waals surface area contributed by atoms with Crippen molar-refractivity contribution in [3.63, 3.8) is 0 Å². The Morgan fingerprint density at radius 1 is 1.07 bits per heavy atom. The Morgan fingerprint density at radius 3 is 2.37 bits per heavy atom. The lowest BCUT2D eigenvalue weighted by atomic mass is 10.1. The predicted molar refractivity (Wildman–Crippen MR) is 99.0 cm³/mol. The molecule has 2 aromatic rings. The first-order chi connectivity index (χ1) is 13.1. The minimum atomic E-state index is -0.0393. The second kappa shape index (κ2) is 8.66. The highest BCUT2D eigenvalue weighted by atomic mass is 16.5. The molecule has 0 saturated carbocycles. The summed E-state index contributed by atoms with van der Waals surface area (Å²) >= 11 is 0. The van der Waals surface area contributed by atoms with Gasteiger partial charge in [0, 0.05) is 51.0 Å². The predicted octanol–water partition coefficient (Wildman–Crippen LogP) is 1.95. The molecule has 1 aromatic carbocycles. The molecular formula is C19H24N4O4. The fourth-order valence-corrected chi connectivity index (χ4v) is 2.96. The molecule has 2 heterocycles. The van der Waals surface area contributed by atoms with E-state index < -0.39 is 0 Å². The molecule has 1 aliphatic rings. The van der Waals surface area contributed by atoms with E-state index in [4.69, 9.17) is 9.15 Å². The molecule has 0 bridgehead atoms. The third kappa shape index (κ3) is 4.64. The van der Waals surface area contributed by atoms with Crippen LogP contribution in [0.25, 0.3) is 0 Å². The summed E-state index contributed by atoms with van der Waals surface area (Å²) in [6.45, 7) is 4.41. The second-order valence-electron chi connectivity index (χ2n) is 6.35. The van der Waals surface area contributed by atoms with Gasteiger partial charge in [-0.15, -0.1) is 5.10 Å². The highest BCUT2D eigenvalue weighted by Crippen LogP contribution is 2.17. The van der Waals surface area contributed by atoms with Crippen LogP contribution in [0.5, 0.6) is 5.75 Å². The molecular weight excluding hydrogens is 348 g/mol. The molecule has 0 spiro atoms. The van der Waals surface area contributed by atoms with Crippen molar-refractivity contribution < 1.29 is 18.7 Å². The van der Waals surface area contributed by atoms with Gasteiger partial charge in [-0.2, -0.15) is 0 Å². The average molecular weight is 372 g/mol. The van der Waals surface area contributed by atoms with E-state index in [2.05, 4.69) is 10.2 Å². The van der Waals surface area contributed by atoms with Crippen molar-refractivity contribution in [3.05, 3.63) is 35.7 Å². The number of hydrogen-bond acceptors (Lipinski definition) is 7. The first kappa shape index (κ1) is 18.9. The summed E-state index contributed by atoms with van der Waals surface area (Å²) in [4.78, 5) is 28.4. The van der Waals surface area contributed by atoms with Crippen LogP contribution >= 0.6 is 0 Å². The van der Waals surface area contributed by atoms with Crippen molar-refractivity contribution in [2.75, 3.05) is 38.2 Å². The van der Waals surface area contributed by atoms with Crippen LogP contribution in [0.1, 0.15) is 36.0 Å². The number of methoxy groups -OCH3 is 1. The molecule has 0 radical (unpaired) electrons. The molecule has 0 N–H and O–H groups in total. The van der Waals surface area contributed by atoms with Crippen molar-refractivity contribution in [2.24, 2.45) is 0 Å². The van der Waals surface area contributed by atoms with E-state index >= 15 is 0 Å². The van der Waals surface area contributed by atoms with Crippen LogP contribution < -0.4 is 9.64 Å². The lowest BCUT2D eigenvalue weighted by Gasteiger charge is -2.33. The van der Waals surface area contributed by atoms with Crippen LogP contribution in [0.2, 0.25) is 0 Å². The summed E-state index contributed by atoms with van der Waals surface area (Å²) in [5.74, 6) is 1.27. The first-order valence-electron chi connectivity index (χ1n) is 9.13. The van der Waals surface area contributed by atoms with E-state index in [1.165, 1.54) is 0 Å². The van der Waals surface area contributed by atoms with Gasteiger partial charge in [-0.25, -0.2) is 0 Å². The van der Waals surface area contributed by atoms with Crippen molar-refractivity contribution in [1.82, 2.24) is 15.1 Å². The third-order valence-corrected chi connectivity index (χ3v) is 4.64. The van der Waals surface area contributed by atoms with Gasteiger partial charge in [0.1, 0.15) is 5.75 Å². The van der Waals surface area contributed by atoms with Gasteiger partial charge in [0.25, 0.3) is 0 Å². The third-order valence-electron chi connectivity index (χ3n) is 4.64. The van der Waals surface area contributed by atoms with E-state index in [1.807, 2.05) is 11.8 Å². The summed E-state index contributed by atoms with van der Waals surface area (Å²) < 4.78 is 10.6. The van der Waals surface area contributed by atoms with Gasteiger partial charge in [-0.1, -0.05) is 12.0 Å². The molecule has 0 unspecified atom stereocenters. The maximum atomic E-state index is 12.4. The van der Waals surface area contributed by atoms with E-state index in [9.17, 15) is 9.59 Å². The van der Waals surface area contributed by atoms with Crippen LogP contribution in [0.4, 0.5) is 6.01 Å². The van der Waals surface area contributed by atoms with Gasteiger partial charge in [0.2, 0.25) is 11.8 Å². The number of amides is 1. The van der Waals surface area contributed by atoms with Gasteiger partial charge in [-0.3, -0.25) is 9.59 Å². The number of carbonyl (C=O) groups excluding carboxylic acids is 2. The number of hydrogen-bond donors (Lipinski definition) is 0.